The van der Waals surface area contributed by atoms with Gasteiger partial charge in [-0.3, -0.25) is 9.59 Å². The molecule has 5 nitrogen and oxygen atoms in total. The highest BCUT2D eigenvalue weighted by Gasteiger charge is 2.28. The first-order valence-electron chi connectivity index (χ1n) is 11.2. The number of carbonyl (C=O) groups excluding carboxylic acids is 2. The normalized spacial score (nSPS) is 18.8. The van der Waals surface area contributed by atoms with Crippen LogP contribution in [0.3, 0.4) is 0 Å². The molecule has 1 fully saturated rings. The second-order valence-electron chi connectivity index (χ2n) is 8.16. The van der Waals surface area contributed by atoms with Crippen LogP contribution in [0.5, 0.6) is 0 Å². The lowest BCUT2D eigenvalue weighted by Crippen LogP contribution is -2.33. The molecule has 29 heavy (non-hydrogen) atoms. The zero-order chi connectivity index (χ0) is 21.6. The van der Waals surface area contributed by atoms with E-state index in [1.54, 1.807) is 0 Å². The lowest BCUT2D eigenvalue weighted by molar-refractivity contribution is -0.147. The van der Waals surface area contributed by atoms with Gasteiger partial charge in [-0.25, -0.2) is 0 Å². The van der Waals surface area contributed by atoms with Gasteiger partial charge in [0.05, 0.1) is 18.2 Å². The average Bonchev–Trinajstić information content (AvgIpc) is 3.01. The first-order chi connectivity index (χ1) is 13.8. The van der Waals surface area contributed by atoms with Crippen molar-refractivity contribution in [1.82, 2.24) is 4.90 Å². The second-order valence-corrected chi connectivity index (χ2v) is 8.16. The number of ether oxygens (including phenoxy) is 1. The topological polar surface area (TPSA) is 66.8 Å². The largest absolute Gasteiger partial charge is 0.463 e. The molecule has 0 radical (unpaired) electrons. The van der Waals surface area contributed by atoms with E-state index in [9.17, 15) is 14.7 Å². The molecule has 1 amide bonds. The van der Waals surface area contributed by atoms with E-state index in [1.807, 2.05) is 44.7 Å². The fraction of sp³-hybridized carbons (Fsp3) is 0.750. The number of rotatable bonds is 12. The molecule has 1 N–H and O–H groups in total. The van der Waals surface area contributed by atoms with Crippen LogP contribution in [0.4, 0.5) is 0 Å². The number of unbranched alkanes of at least 4 members (excludes halogenated alkanes) is 3. The van der Waals surface area contributed by atoms with Crippen molar-refractivity contribution in [3.63, 3.8) is 0 Å². The SMILES string of the molecule is CCC#CC[C@H](C)[C@@H](O)C=C[C@H]1CCC(=O)N1CCCCCCC(=O)OC(C)C. The maximum Gasteiger partial charge on any atom is 0.306 e. The highest BCUT2D eigenvalue weighted by Crippen LogP contribution is 2.22. The van der Waals surface area contributed by atoms with Gasteiger partial charge in [0.1, 0.15) is 0 Å². The van der Waals surface area contributed by atoms with E-state index >= 15 is 0 Å². The maximum absolute atomic E-state index is 12.2. The molecule has 3 atom stereocenters. The molecule has 5 heteroatoms. The molecule has 1 saturated heterocycles. The Hall–Kier alpha value is -1.80. The third-order valence-electron chi connectivity index (χ3n) is 5.11. The summed E-state index contributed by atoms with van der Waals surface area (Å²) in [5.41, 5.74) is 0. The number of amides is 1. The van der Waals surface area contributed by atoms with E-state index in [4.69, 9.17) is 4.74 Å². The number of aliphatic hydroxyl groups excluding tert-OH is 1. The lowest BCUT2D eigenvalue weighted by atomic mass is 10.00. The van der Waals surface area contributed by atoms with E-state index in [1.165, 1.54) is 0 Å². The predicted molar refractivity (Wildman–Crippen MR) is 116 cm³/mol. The number of carbonyl (C=O) groups is 2. The molecule has 0 aromatic rings. The second kappa shape index (κ2) is 14.2. The predicted octanol–water partition coefficient (Wildman–Crippen LogP) is 4.24. The highest BCUT2D eigenvalue weighted by atomic mass is 16.5. The Balaban J connectivity index is 2.33. The van der Waals surface area contributed by atoms with Crippen LogP contribution in [0.15, 0.2) is 12.2 Å². The Bertz CT molecular complexity index is 587. The van der Waals surface area contributed by atoms with Crippen LogP contribution in [-0.2, 0) is 14.3 Å². The molecule has 1 aliphatic rings. The van der Waals surface area contributed by atoms with Crippen molar-refractivity contribution < 1.29 is 19.4 Å². The summed E-state index contributed by atoms with van der Waals surface area (Å²) in [6.45, 7) is 8.46. The molecule has 0 unspecified atom stereocenters. The van der Waals surface area contributed by atoms with Crippen molar-refractivity contribution in [2.24, 2.45) is 5.92 Å². The molecular weight excluding hydrogens is 366 g/mol. The molecule has 0 aromatic heterocycles. The van der Waals surface area contributed by atoms with E-state index in [0.717, 1.165) is 45.1 Å². The Kier molecular flexibility index (Phi) is 12.4. The Morgan fingerprint density at radius 2 is 1.97 bits per heavy atom. The van der Waals surface area contributed by atoms with E-state index in [0.29, 0.717) is 19.3 Å². The van der Waals surface area contributed by atoms with E-state index in [2.05, 4.69) is 11.8 Å². The lowest BCUT2D eigenvalue weighted by Gasteiger charge is -2.23. The number of aliphatic hydroxyl groups is 1. The zero-order valence-corrected chi connectivity index (χ0v) is 18.7. The van der Waals surface area contributed by atoms with Gasteiger partial charge in [-0.2, -0.15) is 0 Å². The van der Waals surface area contributed by atoms with Gasteiger partial charge >= 0.3 is 5.97 Å². The van der Waals surface area contributed by atoms with Gasteiger partial charge < -0.3 is 14.7 Å². The van der Waals surface area contributed by atoms with Crippen LogP contribution in [0.25, 0.3) is 0 Å². The summed E-state index contributed by atoms with van der Waals surface area (Å²) < 4.78 is 5.13. The Morgan fingerprint density at radius 3 is 2.66 bits per heavy atom. The summed E-state index contributed by atoms with van der Waals surface area (Å²) in [5.74, 6) is 6.26. The standard InChI is InChI=1S/C24H39NO4/c1-5-6-9-12-20(4)22(26)16-14-21-15-17-23(27)25(21)18-11-8-7-10-13-24(28)29-19(2)3/h14,16,19-22,26H,5,7-8,10-13,15,17-18H2,1-4H3/t20-,21-,22-/m0/s1. The minimum absolute atomic E-state index is 0.0561. The summed E-state index contributed by atoms with van der Waals surface area (Å²) in [6, 6.07) is 0.0760. The van der Waals surface area contributed by atoms with Gasteiger partial charge in [-0.1, -0.05) is 38.8 Å². The van der Waals surface area contributed by atoms with Crippen LogP contribution in [0, 0.1) is 17.8 Å². The molecule has 0 saturated carbocycles. The first-order valence-corrected chi connectivity index (χ1v) is 11.2. The van der Waals surface area contributed by atoms with Gasteiger partial charge in [0.2, 0.25) is 5.91 Å². The monoisotopic (exact) mass is 405 g/mol. The molecule has 0 aliphatic carbocycles. The van der Waals surface area contributed by atoms with Crippen molar-refractivity contribution in [2.45, 2.75) is 104 Å². The number of esters is 1. The fourth-order valence-electron chi connectivity index (χ4n) is 3.38. The van der Waals surface area contributed by atoms with Crippen molar-refractivity contribution in [3.8, 4) is 11.8 Å². The number of hydrogen-bond donors (Lipinski definition) is 1. The van der Waals surface area contributed by atoms with Gasteiger partial charge in [-0.05, 0) is 39.0 Å². The minimum atomic E-state index is -0.538. The summed E-state index contributed by atoms with van der Waals surface area (Å²) in [6.07, 6.45) is 10.3. The summed E-state index contributed by atoms with van der Waals surface area (Å²) >= 11 is 0. The number of hydrogen-bond acceptors (Lipinski definition) is 4. The average molecular weight is 406 g/mol. The van der Waals surface area contributed by atoms with Crippen molar-refractivity contribution in [1.29, 1.82) is 0 Å². The van der Waals surface area contributed by atoms with Crippen LogP contribution < -0.4 is 0 Å². The third kappa shape index (κ3) is 10.5. The van der Waals surface area contributed by atoms with Crippen molar-refractivity contribution >= 4 is 11.9 Å². The number of likely N-dealkylation sites (tertiary alicyclic amines) is 1. The molecule has 164 valence electrons. The van der Waals surface area contributed by atoms with Gasteiger partial charge in [0, 0.05) is 32.2 Å². The molecule has 1 aliphatic heterocycles. The Labute approximate surface area is 176 Å². The van der Waals surface area contributed by atoms with Gasteiger partial charge in [0.15, 0.2) is 0 Å². The molecular formula is C24H39NO4. The van der Waals surface area contributed by atoms with Crippen LogP contribution in [0.1, 0.15) is 85.5 Å². The summed E-state index contributed by atoms with van der Waals surface area (Å²) in [7, 11) is 0. The molecule has 1 heterocycles. The molecule has 0 spiro atoms. The van der Waals surface area contributed by atoms with E-state index in [-0.39, 0.29) is 29.9 Å². The van der Waals surface area contributed by atoms with Crippen molar-refractivity contribution in [3.05, 3.63) is 12.2 Å². The summed E-state index contributed by atoms with van der Waals surface area (Å²) in [5, 5.41) is 10.3. The van der Waals surface area contributed by atoms with Gasteiger partial charge in [0.25, 0.3) is 0 Å². The highest BCUT2D eigenvalue weighted by molar-refractivity contribution is 5.79. The summed E-state index contributed by atoms with van der Waals surface area (Å²) in [4.78, 5) is 25.6. The third-order valence-corrected chi connectivity index (χ3v) is 5.11. The smallest absolute Gasteiger partial charge is 0.306 e. The first kappa shape index (κ1) is 25.2. The minimum Gasteiger partial charge on any atom is -0.463 e. The Morgan fingerprint density at radius 1 is 1.24 bits per heavy atom. The zero-order valence-electron chi connectivity index (χ0n) is 18.7. The van der Waals surface area contributed by atoms with Crippen LogP contribution in [-0.4, -0.2) is 46.7 Å². The molecule has 0 bridgehead atoms. The van der Waals surface area contributed by atoms with Crippen LogP contribution >= 0.6 is 0 Å². The maximum atomic E-state index is 12.2. The van der Waals surface area contributed by atoms with Crippen molar-refractivity contribution in [2.75, 3.05) is 6.54 Å². The molecule has 0 aromatic carbocycles. The number of nitrogens with zero attached hydrogens (tertiary/aromatic N) is 1. The molecule has 1 rings (SSSR count). The van der Waals surface area contributed by atoms with Gasteiger partial charge in [-0.15, -0.1) is 11.8 Å². The van der Waals surface area contributed by atoms with Crippen LogP contribution in [0.2, 0.25) is 0 Å². The quantitative estimate of drug-likeness (QED) is 0.228. The van der Waals surface area contributed by atoms with E-state index < -0.39 is 6.10 Å². The fourth-order valence-corrected chi connectivity index (χ4v) is 3.38.